The van der Waals surface area contributed by atoms with Crippen molar-refractivity contribution in [1.29, 1.82) is 0 Å². The van der Waals surface area contributed by atoms with Gasteiger partial charge in [0.25, 0.3) is 0 Å². The van der Waals surface area contributed by atoms with E-state index in [1.807, 2.05) is 12.1 Å². The minimum atomic E-state index is 0.266. The van der Waals surface area contributed by atoms with Gasteiger partial charge in [0.2, 0.25) is 0 Å². The summed E-state index contributed by atoms with van der Waals surface area (Å²) in [7, 11) is 0. The van der Waals surface area contributed by atoms with Gasteiger partial charge in [-0.2, -0.15) is 0 Å². The van der Waals surface area contributed by atoms with Crippen LogP contribution in [0.2, 0.25) is 5.22 Å². The van der Waals surface area contributed by atoms with Crippen LogP contribution in [0.4, 0.5) is 0 Å². The van der Waals surface area contributed by atoms with Crippen LogP contribution in [0, 0.1) is 0 Å². The third kappa shape index (κ3) is 3.35. The zero-order valence-electron chi connectivity index (χ0n) is 10.2. The van der Waals surface area contributed by atoms with E-state index in [2.05, 4.69) is 23.7 Å². The molecule has 0 spiro atoms. The number of nitrogens with one attached hydrogen (secondary N) is 1. The average Bonchev–Trinajstić information content (AvgIpc) is 2.73. The van der Waals surface area contributed by atoms with Crippen LogP contribution in [0.5, 0.6) is 0 Å². The molecule has 2 rings (SSSR count). The van der Waals surface area contributed by atoms with E-state index < -0.39 is 0 Å². The molecule has 1 atom stereocenters. The van der Waals surface area contributed by atoms with Crippen LogP contribution in [0.15, 0.2) is 28.7 Å². The van der Waals surface area contributed by atoms with Crippen molar-refractivity contribution in [3.05, 3.63) is 35.3 Å². The Labute approximate surface area is 107 Å². The van der Waals surface area contributed by atoms with Gasteiger partial charge in [0.15, 0.2) is 5.22 Å². The summed E-state index contributed by atoms with van der Waals surface area (Å²) in [6.45, 7) is 10.2. The zero-order chi connectivity index (χ0) is 12.3. The Hall–Kier alpha value is -0.770. The highest BCUT2D eigenvalue weighted by Crippen LogP contribution is 2.30. The maximum Gasteiger partial charge on any atom is 0.193 e. The third-order valence-corrected chi connectivity index (χ3v) is 3.26. The second-order valence-corrected chi connectivity index (χ2v) is 4.98. The lowest BCUT2D eigenvalue weighted by Gasteiger charge is -2.33. The third-order valence-electron chi connectivity index (χ3n) is 3.06. The maximum atomic E-state index is 5.86. The number of furan rings is 1. The minimum absolute atomic E-state index is 0.266. The Kier molecular flexibility index (Phi) is 4.26. The molecule has 4 heteroatoms. The molecule has 1 aromatic rings. The van der Waals surface area contributed by atoms with Crippen molar-refractivity contribution in [2.24, 2.45) is 0 Å². The van der Waals surface area contributed by atoms with E-state index in [1.165, 1.54) is 5.57 Å². The first kappa shape index (κ1) is 12.7. The van der Waals surface area contributed by atoms with Gasteiger partial charge in [0.05, 0.1) is 6.04 Å². The van der Waals surface area contributed by atoms with E-state index in [9.17, 15) is 0 Å². The molecular weight excluding hydrogens is 236 g/mol. The van der Waals surface area contributed by atoms with Crippen molar-refractivity contribution >= 4 is 11.6 Å². The van der Waals surface area contributed by atoms with Crippen molar-refractivity contribution in [2.75, 3.05) is 26.2 Å². The van der Waals surface area contributed by atoms with Crippen LogP contribution >= 0.6 is 11.6 Å². The zero-order valence-corrected chi connectivity index (χ0v) is 11.0. The van der Waals surface area contributed by atoms with Crippen molar-refractivity contribution in [3.8, 4) is 0 Å². The molecule has 0 saturated carbocycles. The van der Waals surface area contributed by atoms with E-state index >= 15 is 0 Å². The molecule has 1 fully saturated rings. The van der Waals surface area contributed by atoms with E-state index in [1.54, 1.807) is 0 Å². The number of hydrogen-bond acceptors (Lipinski definition) is 3. The smallest absolute Gasteiger partial charge is 0.193 e. The quantitative estimate of drug-likeness (QED) is 0.838. The molecule has 0 aromatic carbocycles. The first-order valence-corrected chi connectivity index (χ1v) is 6.39. The fraction of sp³-hybridized carbons (Fsp3) is 0.538. The molecule has 1 N–H and O–H groups in total. The largest absolute Gasteiger partial charge is 0.448 e. The van der Waals surface area contributed by atoms with Crippen LogP contribution in [0.3, 0.4) is 0 Å². The molecule has 1 aliphatic rings. The first-order chi connectivity index (χ1) is 8.16. The molecule has 0 bridgehead atoms. The molecular formula is C13H19ClN2O. The van der Waals surface area contributed by atoms with E-state index in [0.717, 1.165) is 38.4 Å². The Balaban J connectivity index is 2.14. The Morgan fingerprint density at radius 1 is 1.53 bits per heavy atom. The summed E-state index contributed by atoms with van der Waals surface area (Å²) in [5, 5.41) is 3.82. The van der Waals surface area contributed by atoms with Crippen LogP contribution in [0.25, 0.3) is 0 Å². The van der Waals surface area contributed by atoms with Crippen LogP contribution in [0.1, 0.15) is 25.1 Å². The van der Waals surface area contributed by atoms with Crippen LogP contribution in [-0.4, -0.2) is 31.1 Å². The molecule has 17 heavy (non-hydrogen) atoms. The predicted molar refractivity (Wildman–Crippen MR) is 70.3 cm³/mol. The van der Waals surface area contributed by atoms with Gasteiger partial charge in [0.1, 0.15) is 5.76 Å². The number of piperazine rings is 1. The van der Waals surface area contributed by atoms with Gasteiger partial charge in [-0.25, -0.2) is 0 Å². The summed E-state index contributed by atoms with van der Waals surface area (Å²) in [5.41, 5.74) is 1.17. The molecule has 3 nitrogen and oxygen atoms in total. The number of nitrogens with zero attached hydrogens (tertiary/aromatic N) is 1. The second-order valence-electron chi connectivity index (χ2n) is 4.60. The Bertz CT molecular complexity index is 383. The van der Waals surface area contributed by atoms with Gasteiger partial charge in [-0.15, -0.1) is 6.58 Å². The highest BCUT2D eigenvalue weighted by molar-refractivity contribution is 6.28. The number of hydrogen-bond donors (Lipinski definition) is 1. The average molecular weight is 255 g/mol. The summed E-state index contributed by atoms with van der Waals surface area (Å²) in [5.74, 6) is 0.944. The van der Waals surface area contributed by atoms with Crippen LogP contribution < -0.4 is 5.32 Å². The van der Waals surface area contributed by atoms with Gasteiger partial charge >= 0.3 is 0 Å². The van der Waals surface area contributed by atoms with Gasteiger partial charge in [0, 0.05) is 26.2 Å². The van der Waals surface area contributed by atoms with Crippen molar-refractivity contribution in [1.82, 2.24) is 10.2 Å². The van der Waals surface area contributed by atoms with Gasteiger partial charge < -0.3 is 9.73 Å². The van der Waals surface area contributed by atoms with Gasteiger partial charge in [-0.1, -0.05) is 5.57 Å². The summed E-state index contributed by atoms with van der Waals surface area (Å²) >= 11 is 5.86. The molecule has 0 radical (unpaired) electrons. The summed E-state index contributed by atoms with van der Waals surface area (Å²) in [6, 6.07) is 4.05. The molecule has 0 aliphatic carbocycles. The highest BCUT2D eigenvalue weighted by atomic mass is 35.5. The van der Waals surface area contributed by atoms with Crippen molar-refractivity contribution in [3.63, 3.8) is 0 Å². The highest BCUT2D eigenvalue weighted by Gasteiger charge is 2.24. The number of rotatable bonds is 4. The van der Waals surface area contributed by atoms with Crippen molar-refractivity contribution < 1.29 is 4.42 Å². The first-order valence-electron chi connectivity index (χ1n) is 6.01. The molecule has 1 aliphatic heterocycles. The molecule has 1 aromatic heterocycles. The molecule has 0 amide bonds. The maximum absolute atomic E-state index is 5.86. The topological polar surface area (TPSA) is 28.4 Å². The molecule has 1 saturated heterocycles. The second kappa shape index (κ2) is 5.71. The van der Waals surface area contributed by atoms with Gasteiger partial charge in [-0.3, -0.25) is 4.90 Å². The monoisotopic (exact) mass is 254 g/mol. The van der Waals surface area contributed by atoms with Crippen LogP contribution in [-0.2, 0) is 0 Å². The van der Waals surface area contributed by atoms with Gasteiger partial charge in [-0.05, 0) is 37.1 Å². The standard InChI is InChI=1S/C13H19ClN2O/c1-10(2)9-11(12-3-4-13(14)17-12)16-7-5-15-6-8-16/h3-4,11,15H,1,5-9H2,2H3/t11-/m1/s1. The lowest BCUT2D eigenvalue weighted by molar-refractivity contribution is 0.153. The van der Waals surface area contributed by atoms with E-state index in [-0.39, 0.29) is 6.04 Å². The minimum Gasteiger partial charge on any atom is -0.448 e. The fourth-order valence-electron chi connectivity index (χ4n) is 2.24. The molecule has 2 heterocycles. The summed E-state index contributed by atoms with van der Waals surface area (Å²) < 4.78 is 5.56. The van der Waals surface area contributed by atoms with E-state index in [0.29, 0.717) is 5.22 Å². The fourth-order valence-corrected chi connectivity index (χ4v) is 2.39. The lowest BCUT2D eigenvalue weighted by atomic mass is 10.0. The summed E-state index contributed by atoms with van der Waals surface area (Å²) in [4.78, 5) is 2.43. The van der Waals surface area contributed by atoms with E-state index in [4.69, 9.17) is 16.0 Å². The Morgan fingerprint density at radius 2 is 2.24 bits per heavy atom. The Morgan fingerprint density at radius 3 is 2.76 bits per heavy atom. The number of halogens is 1. The SMILES string of the molecule is C=C(C)C[C@H](c1ccc(Cl)o1)N1CCNCC1. The molecule has 94 valence electrons. The normalized spacial score (nSPS) is 19.2. The molecule has 0 unspecified atom stereocenters. The summed E-state index contributed by atoms with van der Waals surface area (Å²) in [6.07, 6.45) is 0.920. The lowest BCUT2D eigenvalue weighted by Crippen LogP contribution is -2.45. The predicted octanol–water partition coefficient (Wildman–Crippen LogP) is 2.85. The van der Waals surface area contributed by atoms with Crippen molar-refractivity contribution in [2.45, 2.75) is 19.4 Å².